The van der Waals surface area contributed by atoms with Crippen LogP contribution in [-0.4, -0.2) is 0 Å². The minimum Gasteiger partial charge on any atom is -0.0716 e. The van der Waals surface area contributed by atoms with E-state index in [0.717, 1.165) is 6.42 Å². The van der Waals surface area contributed by atoms with Crippen molar-refractivity contribution in [3.63, 3.8) is 0 Å². The van der Waals surface area contributed by atoms with E-state index in [0.29, 0.717) is 0 Å². The summed E-state index contributed by atoms with van der Waals surface area (Å²) in [7, 11) is 0. The van der Waals surface area contributed by atoms with Gasteiger partial charge in [0.25, 0.3) is 0 Å². The zero-order chi connectivity index (χ0) is 12.9. The van der Waals surface area contributed by atoms with Crippen molar-refractivity contribution in [1.82, 2.24) is 0 Å². The van der Waals surface area contributed by atoms with Crippen molar-refractivity contribution >= 4 is 12.2 Å². The summed E-state index contributed by atoms with van der Waals surface area (Å²) in [6.07, 6.45) is 27.1. The predicted molar refractivity (Wildman–Crippen MR) is 82.5 cm³/mol. The Morgan fingerprint density at radius 3 is 1.95 bits per heavy atom. The van der Waals surface area contributed by atoms with Crippen molar-refractivity contribution in [3.05, 3.63) is 95.1 Å². The van der Waals surface area contributed by atoms with Gasteiger partial charge < -0.3 is 0 Å². The predicted octanol–water partition coefficient (Wildman–Crippen LogP) is 4.66. The van der Waals surface area contributed by atoms with E-state index in [4.69, 9.17) is 0 Å². The topological polar surface area (TPSA) is 0 Å². The molecule has 2 aliphatic rings. The lowest BCUT2D eigenvalue weighted by atomic mass is 9.98. The van der Waals surface area contributed by atoms with Crippen LogP contribution >= 0.6 is 0 Å². The van der Waals surface area contributed by atoms with Gasteiger partial charge in [0.15, 0.2) is 0 Å². The maximum absolute atomic E-state index is 3.31. The first-order valence-electron chi connectivity index (χ1n) is 6.53. The zero-order valence-electron chi connectivity index (χ0n) is 10.7. The molecule has 0 fully saturated rings. The van der Waals surface area contributed by atoms with Crippen LogP contribution in [-0.2, 0) is 6.42 Å². The van der Waals surface area contributed by atoms with Crippen molar-refractivity contribution in [2.45, 2.75) is 6.42 Å². The Morgan fingerprint density at radius 1 is 0.684 bits per heavy atom. The number of hydrogen-bond acceptors (Lipinski definition) is 0. The first-order chi connectivity index (χ1) is 9.43. The van der Waals surface area contributed by atoms with E-state index >= 15 is 0 Å². The highest BCUT2D eigenvalue weighted by Gasteiger charge is 2.08. The summed E-state index contributed by atoms with van der Waals surface area (Å²) < 4.78 is 0. The second-order valence-corrected chi connectivity index (χ2v) is 4.56. The third-order valence-electron chi connectivity index (χ3n) is 3.22. The average Bonchev–Trinajstić information content (AvgIpc) is 2.85. The lowest BCUT2D eigenvalue weighted by Crippen LogP contribution is -1.88. The number of allylic oxidation sites excluding steroid dienone is 9. The molecule has 0 unspecified atom stereocenters. The fraction of sp³-hybridized carbons (Fsp3) is 0.0526. The number of rotatable bonds is 0. The van der Waals surface area contributed by atoms with Crippen molar-refractivity contribution in [3.8, 4) is 0 Å². The Bertz CT molecular complexity index is 647. The van der Waals surface area contributed by atoms with Gasteiger partial charge in [-0.05, 0) is 40.8 Å². The first kappa shape index (κ1) is 11.7. The fourth-order valence-corrected chi connectivity index (χ4v) is 2.25. The van der Waals surface area contributed by atoms with Crippen molar-refractivity contribution in [2.24, 2.45) is 0 Å². The summed E-state index contributed by atoms with van der Waals surface area (Å²) in [5.41, 5.74) is 5.08. The number of benzene rings is 1. The summed E-state index contributed by atoms with van der Waals surface area (Å²) >= 11 is 0. The summed E-state index contributed by atoms with van der Waals surface area (Å²) in [5.74, 6) is 0. The SMILES string of the molecule is [C]1=CCc2cc3c(cc21)\C=C/C=C\C=C/C=C\C=C/3. The summed E-state index contributed by atoms with van der Waals surface area (Å²) in [6, 6.07) is 4.48. The minimum atomic E-state index is 0.999. The third kappa shape index (κ3) is 2.74. The Hall–Kier alpha value is -2.34. The highest BCUT2D eigenvalue weighted by Crippen LogP contribution is 2.24. The molecule has 0 nitrogen and oxygen atoms in total. The zero-order valence-corrected chi connectivity index (χ0v) is 10.7. The Labute approximate surface area is 114 Å². The molecule has 0 heterocycles. The quantitative estimate of drug-likeness (QED) is 0.621. The molecule has 1 radical (unpaired) electrons. The third-order valence-corrected chi connectivity index (χ3v) is 3.22. The van der Waals surface area contributed by atoms with Gasteiger partial charge in [-0.15, -0.1) is 0 Å². The normalized spacial score (nSPS) is 24.4. The van der Waals surface area contributed by atoms with Crippen LogP contribution in [0.2, 0.25) is 0 Å². The standard InChI is InChI=1S/C19H15/c1-2-4-6-8-11-17-15-19-13-9-12-18(19)14-16(17)10-7-5-3-1/h1-11,14-15H,12H2/b2-1-,3-1?,4-2?,5-3-,6-4-,7-5?,8-6?,10-7-,11-8-,16-10?,17-11?. The molecule has 19 heavy (non-hydrogen) atoms. The first-order valence-corrected chi connectivity index (χ1v) is 6.53. The molecule has 0 aliphatic heterocycles. The highest BCUT2D eigenvalue weighted by atomic mass is 14.1. The van der Waals surface area contributed by atoms with Crippen molar-refractivity contribution in [2.75, 3.05) is 0 Å². The molecular formula is C19H15. The van der Waals surface area contributed by atoms with Gasteiger partial charge in [0.1, 0.15) is 0 Å². The molecule has 1 aromatic rings. The van der Waals surface area contributed by atoms with Crippen molar-refractivity contribution in [1.29, 1.82) is 0 Å². The molecule has 0 spiro atoms. The van der Waals surface area contributed by atoms with E-state index in [1.807, 2.05) is 30.4 Å². The van der Waals surface area contributed by atoms with E-state index in [1.54, 1.807) is 0 Å². The summed E-state index contributed by atoms with van der Waals surface area (Å²) in [5, 5.41) is 0. The smallest absolute Gasteiger partial charge is 0.00816 e. The van der Waals surface area contributed by atoms with E-state index in [9.17, 15) is 0 Å². The van der Waals surface area contributed by atoms with Crippen molar-refractivity contribution < 1.29 is 0 Å². The van der Waals surface area contributed by atoms with Gasteiger partial charge in [0.2, 0.25) is 0 Å². The highest BCUT2D eigenvalue weighted by molar-refractivity contribution is 5.69. The number of hydrogen-bond donors (Lipinski definition) is 0. The van der Waals surface area contributed by atoms with Gasteiger partial charge in [-0.3, -0.25) is 0 Å². The van der Waals surface area contributed by atoms with E-state index < -0.39 is 0 Å². The second-order valence-electron chi connectivity index (χ2n) is 4.56. The Balaban J connectivity index is 2.07. The molecule has 0 aromatic heterocycles. The monoisotopic (exact) mass is 243 g/mol. The molecule has 1 aromatic carbocycles. The molecule has 2 aliphatic carbocycles. The fourth-order valence-electron chi connectivity index (χ4n) is 2.25. The van der Waals surface area contributed by atoms with Gasteiger partial charge in [0.05, 0.1) is 0 Å². The summed E-state index contributed by atoms with van der Waals surface area (Å²) in [4.78, 5) is 0. The average molecular weight is 243 g/mol. The molecular weight excluding hydrogens is 228 g/mol. The molecule has 0 bridgehead atoms. The van der Waals surface area contributed by atoms with Crippen LogP contribution in [0.5, 0.6) is 0 Å². The van der Waals surface area contributed by atoms with Crippen LogP contribution in [0.3, 0.4) is 0 Å². The molecule has 0 atom stereocenters. The molecule has 0 amide bonds. The molecule has 0 N–H and O–H groups in total. The molecule has 0 saturated carbocycles. The van der Waals surface area contributed by atoms with Crippen LogP contribution in [0.4, 0.5) is 0 Å². The Kier molecular flexibility index (Phi) is 3.42. The number of fused-ring (bicyclic) bond motifs is 2. The van der Waals surface area contributed by atoms with Gasteiger partial charge in [-0.1, -0.05) is 72.9 Å². The molecule has 0 saturated heterocycles. The largest absolute Gasteiger partial charge is 0.0716 e. The van der Waals surface area contributed by atoms with Gasteiger partial charge in [-0.25, -0.2) is 0 Å². The molecule has 3 rings (SSSR count). The van der Waals surface area contributed by atoms with E-state index in [1.165, 1.54) is 22.3 Å². The van der Waals surface area contributed by atoms with Crippen LogP contribution in [0.1, 0.15) is 22.3 Å². The molecule has 91 valence electrons. The lowest BCUT2D eigenvalue weighted by molar-refractivity contribution is 1.30. The van der Waals surface area contributed by atoms with E-state index in [2.05, 4.69) is 54.7 Å². The van der Waals surface area contributed by atoms with Crippen LogP contribution in [0, 0.1) is 6.08 Å². The summed E-state index contributed by atoms with van der Waals surface area (Å²) in [6.45, 7) is 0. The maximum atomic E-state index is 3.31. The second kappa shape index (κ2) is 5.53. The lowest BCUT2D eigenvalue weighted by Gasteiger charge is -2.06. The van der Waals surface area contributed by atoms with Crippen LogP contribution in [0.15, 0.2) is 66.8 Å². The van der Waals surface area contributed by atoms with E-state index in [-0.39, 0.29) is 0 Å². The van der Waals surface area contributed by atoms with Crippen LogP contribution in [0.25, 0.3) is 12.2 Å². The Morgan fingerprint density at radius 2 is 1.26 bits per heavy atom. The van der Waals surface area contributed by atoms with Gasteiger partial charge >= 0.3 is 0 Å². The molecule has 0 heteroatoms. The van der Waals surface area contributed by atoms with Gasteiger partial charge in [0, 0.05) is 0 Å². The maximum Gasteiger partial charge on any atom is -0.00816 e. The minimum absolute atomic E-state index is 0.999. The van der Waals surface area contributed by atoms with Crippen LogP contribution < -0.4 is 0 Å². The van der Waals surface area contributed by atoms with Gasteiger partial charge in [-0.2, -0.15) is 0 Å².